The van der Waals surface area contributed by atoms with Crippen molar-refractivity contribution in [1.29, 1.82) is 0 Å². The summed E-state index contributed by atoms with van der Waals surface area (Å²) in [5.41, 5.74) is -0.721. The van der Waals surface area contributed by atoms with E-state index in [-0.39, 0.29) is 47.3 Å². The number of Topliss-reactive ketones (excluding diaryl/α,β-unsaturated/α-hetero) is 1. The minimum absolute atomic E-state index is 0.0492. The summed E-state index contributed by atoms with van der Waals surface area (Å²) in [6.07, 6.45) is 8.05. The van der Waals surface area contributed by atoms with Crippen molar-refractivity contribution in [3.8, 4) is 0 Å². The predicted octanol–water partition coefficient (Wildman–Crippen LogP) is 9.00. The Morgan fingerprint density at radius 3 is 2.08 bits per heavy atom. The molecule has 0 N–H and O–H groups in total. The van der Waals surface area contributed by atoms with E-state index in [0.717, 1.165) is 38.5 Å². The molecule has 0 aromatic heterocycles. The number of carbonyl (C=O) groups excluding carboxylic acids is 1. The fraction of sp³-hybridized carbons (Fsp3) is 0.651. The Morgan fingerprint density at radius 1 is 0.940 bits per heavy atom. The van der Waals surface area contributed by atoms with Gasteiger partial charge in [0.05, 0.1) is 24.2 Å². The second-order valence-corrected chi connectivity index (χ2v) is 21.0. The number of rotatable bonds is 17. The number of allylic oxidation sites excluding steroid dienone is 1. The normalized spacial score (nSPS) is 22.7. The third kappa shape index (κ3) is 9.84. The lowest BCUT2D eigenvalue weighted by Crippen LogP contribution is -2.67. The first kappa shape index (κ1) is 40.6. The monoisotopic (exact) mass is 706 g/mol. The molecule has 2 aliphatic heterocycles. The molecular formula is C43H66O6Si. The molecule has 4 rings (SSSR count). The first-order valence-electron chi connectivity index (χ1n) is 19.2. The third-order valence-corrected chi connectivity index (χ3v) is 16.1. The number of ketones is 1. The van der Waals surface area contributed by atoms with E-state index in [1.165, 1.54) is 10.4 Å². The Balaban J connectivity index is 1.54. The number of hydrogen-bond acceptors (Lipinski definition) is 6. The van der Waals surface area contributed by atoms with Crippen molar-refractivity contribution < 1.29 is 28.2 Å². The highest BCUT2D eigenvalue weighted by Crippen LogP contribution is 2.41. The summed E-state index contributed by atoms with van der Waals surface area (Å²) >= 11 is 0. The van der Waals surface area contributed by atoms with Gasteiger partial charge in [0.25, 0.3) is 8.32 Å². The summed E-state index contributed by atoms with van der Waals surface area (Å²) in [6, 6.07) is 21.7. The smallest absolute Gasteiger partial charge is 0.261 e. The van der Waals surface area contributed by atoms with Crippen LogP contribution in [0.3, 0.4) is 0 Å². The Morgan fingerprint density at radius 2 is 1.56 bits per heavy atom. The SMILES string of the molecule is C=CC[C@@H](C(=O)C(C)(C)[C@@H]1CCOC(C)(C)O1)[C@@H](OC1CCCCO1)[C@@H](C)CCCC(C)O[Si](c1ccccc1)(c1ccccc1)C(C)(C)C. The van der Waals surface area contributed by atoms with Gasteiger partial charge in [-0.25, -0.2) is 0 Å². The zero-order valence-electron chi connectivity index (χ0n) is 32.5. The van der Waals surface area contributed by atoms with Gasteiger partial charge in [-0.3, -0.25) is 4.79 Å². The Kier molecular flexibility index (Phi) is 14.3. The maximum atomic E-state index is 14.7. The van der Waals surface area contributed by atoms with E-state index >= 15 is 0 Å². The van der Waals surface area contributed by atoms with Crippen molar-refractivity contribution in [2.45, 2.75) is 149 Å². The molecule has 2 fully saturated rings. The van der Waals surface area contributed by atoms with Crippen molar-refractivity contribution in [2.24, 2.45) is 17.3 Å². The molecule has 0 amide bonds. The maximum Gasteiger partial charge on any atom is 0.261 e. The molecule has 6 atom stereocenters. The number of carbonyl (C=O) groups is 1. The number of benzene rings is 2. The van der Waals surface area contributed by atoms with Crippen LogP contribution in [0.1, 0.15) is 114 Å². The molecule has 2 aromatic carbocycles. The summed E-state index contributed by atoms with van der Waals surface area (Å²) in [4.78, 5) is 14.7. The van der Waals surface area contributed by atoms with Gasteiger partial charge in [-0.15, -0.1) is 6.58 Å². The fourth-order valence-corrected chi connectivity index (χ4v) is 12.9. The van der Waals surface area contributed by atoms with Gasteiger partial charge in [-0.05, 0) is 87.0 Å². The van der Waals surface area contributed by atoms with E-state index in [2.05, 4.69) is 102 Å². The van der Waals surface area contributed by atoms with Crippen molar-refractivity contribution in [3.63, 3.8) is 0 Å². The summed E-state index contributed by atoms with van der Waals surface area (Å²) < 4.78 is 32.5. The highest BCUT2D eigenvalue weighted by Gasteiger charge is 2.51. The van der Waals surface area contributed by atoms with Crippen LogP contribution in [0, 0.1) is 17.3 Å². The van der Waals surface area contributed by atoms with E-state index < -0.39 is 19.5 Å². The van der Waals surface area contributed by atoms with E-state index in [9.17, 15) is 4.79 Å². The fourth-order valence-electron chi connectivity index (χ4n) is 8.12. The molecule has 0 bridgehead atoms. The highest BCUT2D eigenvalue weighted by atomic mass is 28.4. The van der Waals surface area contributed by atoms with Crippen LogP contribution in [-0.4, -0.2) is 57.7 Å². The van der Waals surface area contributed by atoms with Crippen LogP contribution in [0.4, 0.5) is 0 Å². The number of hydrogen-bond donors (Lipinski definition) is 0. The van der Waals surface area contributed by atoms with Crippen LogP contribution in [0.25, 0.3) is 0 Å². The molecule has 0 radical (unpaired) electrons. The topological polar surface area (TPSA) is 63.2 Å². The quantitative estimate of drug-likeness (QED) is 0.121. The van der Waals surface area contributed by atoms with Gasteiger partial charge in [0.1, 0.15) is 5.78 Å². The van der Waals surface area contributed by atoms with E-state index in [1.807, 2.05) is 33.8 Å². The molecule has 2 unspecified atom stereocenters. The maximum absolute atomic E-state index is 14.7. The molecule has 50 heavy (non-hydrogen) atoms. The standard InChI is InChI=1S/C43H66O6Si/c1-11-21-36(40(44)42(7,8)37-29-31-46-43(9,10)48-37)39(47-38-28-18-19-30-45-38)32(2)22-20-23-33(3)49-50(41(4,5)6,34-24-14-12-15-25-34)35-26-16-13-17-27-35/h11-17,24-27,32-33,36-39H,1,18-23,28-31H2,2-10H3/t32-,33?,36+,37-,38?,39-/m0/s1. The number of ether oxygens (including phenoxy) is 4. The summed E-state index contributed by atoms with van der Waals surface area (Å²) in [7, 11) is -2.65. The van der Waals surface area contributed by atoms with Gasteiger partial charge in [0.15, 0.2) is 12.1 Å². The van der Waals surface area contributed by atoms with Crippen LogP contribution in [0.15, 0.2) is 73.3 Å². The predicted molar refractivity (Wildman–Crippen MR) is 206 cm³/mol. The Bertz CT molecular complexity index is 1290. The summed E-state index contributed by atoms with van der Waals surface area (Å²) in [5, 5.41) is 2.51. The van der Waals surface area contributed by atoms with Crippen molar-refractivity contribution in [1.82, 2.24) is 0 Å². The van der Waals surface area contributed by atoms with Gasteiger partial charge in [0.2, 0.25) is 0 Å². The molecule has 2 aliphatic rings. The van der Waals surface area contributed by atoms with Crippen LogP contribution in [0.5, 0.6) is 0 Å². The molecular weight excluding hydrogens is 641 g/mol. The van der Waals surface area contributed by atoms with Crippen molar-refractivity contribution >= 4 is 24.5 Å². The van der Waals surface area contributed by atoms with Crippen molar-refractivity contribution in [2.75, 3.05) is 13.2 Å². The third-order valence-electron chi connectivity index (χ3n) is 10.9. The largest absolute Gasteiger partial charge is 0.405 e. The molecule has 2 saturated heterocycles. The Labute approximate surface area is 304 Å². The second-order valence-electron chi connectivity index (χ2n) is 16.8. The van der Waals surface area contributed by atoms with E-state index in [4.69, 9.17) is 23.4 Å². The average Bonchev–Trinajstić information content (AvgIpc) is 3.08. The van der Waals surface area contributed by atoms with Gasteiger partial charge in [0, 0.05) is 18.6 Å². The zero-order valence-corrected chi connectivity index (χ0v) is 33.5. The molecule has 2 heterocycles. The van der Waals surface area contributed by atoms with Gasteiger partial charge >= 0.3 is 0 Å². The molecule has 2 aromatic rings. The van der Waals surface area contributed by atoms with Crippen LogP contribution in [-0.2, 0) is 28.2 Å². The summed E-state index contributed by atoms with van der Waals surface area (Å²) in [5.74, 6) is -0.794. The molecule has 0 spiro atoms. The van der Waals surface area contributed by atoms with Crippen LogP contribution >= 0.6 is 0 Å². The van der Waals surface area contributed by atoms with E-state index in [0.29, 0.717) is 26.1 Å². The average molecular weight is 707 g/mol. The second kappa shape index (κ2) is 17.6. The van der Waals surface area contributed by atoms with E-state index in [1.54, 1.807) is 0 Å². The zero-order chi connectivity index (χ0) is 36.6. The lowest BCUT2D eigenvalue weighted by Gasteiger charge is -2.45. The lowest BCUT2D eigenvalue weighted by molar-refractivity contribution is -0.289. The molecule has 6 nitrogen and oxygen atoms in total. The molecule has 278 valence electrons. The summed E-state index contributed by atoms with van der Waals surface area (Å²) in [6.45, 7) is 24.7. The lowest BCUT2D eigenvalue weighted by atomic mass is 9.71. The molecule has 7 heteroatoms. The Hall–Kier alpha value is -2.13. The minimum atomic E-state index is -2.65. The van der Waals surface area contributed by atoms with Gasteiger partial charge < -0.3 is 23.4 Å². The molecule has 0 saturated carbocycles. The minimum Gasteiger partial charge on any atom is -0.405 e. The van der Waals surface area contributed by atoms with Gasteiger partial charge in [-0.1, -0.05) is 115 Å². The van der Waals surface area contributed by atoms with Crippen molar-refractivity contribution in [3.05, 3.63) is 73.3 Å². The van der Waals surface area contributed by atoms with Gasteiger partial charge in [-0.2, -0.15) is 0 Å². The first-order chi connectivity index (χ1) is 23.6. The van der Waals surface area contributed by atoms with Crippen LogP contribution in [0.2, 0.25) is 5.04 Å². The molecule has 0 aliphatic carbocycles. The highest BCUT2D eigenvalue weighted by molar-refractivity contribution is 6.99. The first-order valence-corrected chi connectivity index (χ1v) is 21.1. The van der Waals surface area contributed by atoms with Crippen LogP contribution < -0.4 is 10.4 Å².